The van der Waals surface area contributed by atoms with Crippen LogP contribution >= 0.6 is 0 Å². The molecule has 0 heterocycles. The topological polar surface area (TPSA) is 95.9 Å². The maximum atomic E-state index is 12.3. The van der Waals surface area contributed by atoms with Gasteiger partial charge >= 0.3 is 12.6 Å². The van der Waals surface area contributed by atoms with Gasteiger partial charge in [0.1, 0.15) is 11.8 Å². The van der Waals surface area contributed by atoms with Crippen molar-refractivity contribution in [2.45, 2.75) is 19.6 Å². The van der Waals surface area contributed by atoms with Crippen LogP contribution in [-0.2, 0) is 9.59 Å². The number of halogens is 2. The smallest absolute Gasteiger partial charge is 0.387 e. The molecule has 0 aliphatic carbocycles. The number of amides is 2. The number of likely N-dealkylation sites (N-methyl/N-ethyl adjacent to an activating group) is 1. The zero-order valence-corrected chi connectivity index (χ0v) is 12.5. The van der Waals surface area contributed by atoms with Crippen LogP contribution in [-0.4, -0.2) is 54.0 Å². The lowest BCUT2D eigenvalue weighted by molar-refractivity contribution is -0.147. The van der Waals surface area contributed by atoms with E-state index >= 15 is 0 Å². The summed E-state index contributed by atoms with van der Waals surface area (Å²) >= 11 is 0. The van der Waals surface area contributed by atoms with Gasteiger partial charge in [0, 0.05) is 7.05 Å². The van der Waals surface area contributed by atoms with Gasteiger partial charge in [0.2, 0.25) is 5.91 Å². The fourth-order valence-corrected chi connectivity index (χ4v) is 1.61. The molecule has 126 valence electrons. The van der Waals surface area contributed by atoms with Gasteiger partial charge < -0.3 is 20.1 Å². The minimum atomic E-state index is -3.09. The lowest BCUT2D eigenvalue weighted by Gasteiger charge is -2.21. The molecule has 0 aliphatic heterocycles. The number of aliphatic carboxylic acids is 1. The van der Waals surface area contributed by atoms with E-state index in [1.165, 1.54) is 38.2 Å². The lowest BCUT2D eigenvalue weighted by Crippen LogP contribution is -2.45. The number of carbonyl (C=O) groups excluding carboxylic acids is 2. The molecule has 23 heavy (non-hydrogen) atoms. The Hall–Kier alpha value is -2.71. The van der Waals surface area contributed by atoms with Gasteiger partial charge in [-0.2, -0.15) is 8.78 Å². The van der Waals surface area contributed by atoms with Crippen LogP contribution in [0.3, 0.4) is 0 Å². The van der Waals surface area contributed by atoms with Crippen LogP contribution in [0.15, 0.2) is 24.3 Å². The Morgan fingerprint density at radius 3 is 2.48 bits per heavy atom. The van der Waals surface area contributed by atoms with E-state index < -0.39 is 37.0 Å². The van der Waals surface area contributed by atoms with Crippen molar-refractivity contribution in [3.8, 4) is 5.75 Å². The highest BCUT2D eigenvalue weighted by Gasteiger charge is 2.22. The molecular weight excluding hydrogens is 314 g/mol. The second-order valence-electron chi connectivity index (χ2n) is 4.58. The van der Waals surface area contributed by atoms with E-state index in [-0.39, 0.29) is 11.3 Å². The molecule has 9 heteroatoms. The summed E-state index contributed by atoms with van der Waals surface area (Å²) in [4.78, 5) is 35.5. The Kier molecular flexibility index (Phi) is 6.43. The molecule has 1 atom stereocenters. The summed E-state index contributed by atoms with van der Waals surface area (Å²) in [5.74, 6) is -2.94. The molecule has 0 bridgehead atoms. The summed E-state index contributed by atoms with van der Waals surface area (Å²) in [6.07, 6.45) is 0. The van der Waals surface area contributed by atoms with Crippen molar-refractivity contribution < 1.29 is 33.0 Å². The first kappa shape index (κ1) is 18.3. The van der Waals surface area contributed by atoms with Crippen LogP contribution in [0, 0.1) is 0 Å². The van der Waals surface area contributed by atoms with E-state index in [1.807, 2.05) is 0 Å². The maximum Gasteiger partial charge on any atom is 0.387 e. The van der Waals surface area contributed by atoms with Gasteiger partial charge in [-0.05, 0) is 19.1 Å². The Balaban J connectivity index is 2.71. The number of hydrogen-bond donors (Lipinski definition) is 2. The summed E-state index contributed by atoms with van der Waals surface area (Å²) in [7, 11) is 1.28. The fourth-order valence-electron chi connectivity index (χ4n) is 1.61. The molecule has 1 unspecified atom stereocenters. The van der Waals surface area contributed by atoms with Crippen molar-refractivity contribution >= 4 is 17.8 Å². The Bertz CT molecular complexity index is 594. The molecule has 1 aromatic carbocycles. The SMILES string of the molecule is CC(C(=O)O)N(C)C(=O)CNC(=O)c1ccccc1OC(F)F. The number of para-hydroxylation sites is 1. The number of nitrogens with one attached hydrogen (secondary N) is 1. The first-order chi connectivity index (χ1) is 10.7. The van der Waals surface area contributed by atoms with Crippen LogP contribution < -0.4 is 10.1 Å². The average Bonchev–Trinajstić information content (AvgIpc) is 2.50. The van der Waals surface area contributed by atoms with Crippen LogP contribution in [0.5, 0.6) is 5.75 Å². The molecule has 0 aliphatic rings. The lowest BCUT2D eigenvalue weighted by atomic mass is 10.2. The third-order valence-corrected chi connectivity index (χ3v) is 3.08. The molecule has 0 radical (unpaired) electrons. The third kappa shape index (κ3) is 5.20. The van der Waals surface area contributed by atoms with E-state index in [0.29, 0.717) is 0 Å². The van der Waals surface area contributed by atoms with Gasteiger partial charge in [-0.15, -0.1) is 0 Å². The highest BCUT2D eigenvalue weighted by Crippen LogP contribution is 2.19. The minimum Gasteiger partial charge on any atom is -0.480 e. The summed E-state index contributed by atoms with van der Waals surface area (Å²) in [6, 6.07) is 4.27. The van der Waals surface area contributed by atoms with E-state index in [1.54, 1.807) is 0 Å². The van der Waals surface area contributed by atoms with Gasteiger partial charge in [0.15, 0.2) is 0 Å². The summed E-state index contributed by atoms with van der Waals surface area (Å²) in [5.41, 5.74) is -0.158. The van der Waals surface area contributed by atoms with Crippen LogP contribution in [0.4, 0.5) is 8.78 Å². The van der Waals surface area contributed by atoms with Gasteiger partial charge in [0.05, 0.1) is 12.1 Å². The summed E-state index contributed by atoms with van der Waals surface area (Å²) < 4.78 is 28.8. The standard InChI is InChI=1S/C14H16F2N2O5/c1-8(13(21)22)18(2)11(19)7-17-12(20)9-5-3-4-6-10(9)23-14(15)16/h3-6,8,14H,7H2,1-2H3,(H,17,20)(H,21,22). The second kappa shape index (κ2) is 8.06. The number of carbonyl (C=O) groups is 3. The Labute approximate surface area is 130 Å². The average molecular weight is 330 g/mol. The summed E-state index contributed by atoms with van der Waals surface area (Å²) in [5, 5.41) is 11.0. The van der Waals surface area contributed by atoms with Crippen molar-refractivity contribution in [2.24, 2.45) is 0 Å². The molecule has 1 rings (SSSR count). The predicted octanol–water partition coefficient (Wildman–Crippen LogP) is 0.949. The highest BCUT2D eigenvalue weighted by molar-refractivity contribution is 5.99. The van der Waals surface area contributed by atoms with Gasteiger partial charge in [-0.1, -0.05) is 12.1 Å². The second-order valence-corrected chi connectivity index (χ2v) is 4.58. The molecule has 0 saturated carbocycles. The molecule has 0 saturated heterocycles. The molecular formula is C14H16F2N2O5. The molecule has 0 spiro atoms. The Morgan fingerprint density at radius 2 is 1.91 bits per heavy atom. The maximum absolute atomic E-state index is 12.3. The number of nitrogens with zero attached hydrogens (tertiary/aromatic N) is 1. The van der Waals surface area contributed by atoms with Crippen LogP contribution in [0.2, 0.25) is 0 Å². The van der Waals surface area contributed by atoms with Crippen molar-refractivity contribution in [2.75, 3.05) is 13.6 Å². The molecule has 0 aromatic heterocycles. The van der Waals surface area contributed by atoms with Crippen molar-refractivity contribution in [1.82, 2.24) is 10.2 Å². The zero-order valence-electron chi connectivity index (χ0n) is 12.5. The van der Waals surface area contributed by atoms with Crippen molar-refractivity contribution in [3.05, 3.63) is 29.8 Å². The number of rotatable bonds is 7. The Morgan fingerprint density at radius 1 is 1.30 bits per heavy atom. The van der Waals surface area contributed by atoms with Crippen molar-refractivity contribution in [3.63, 3.8) is 0 Å². The number of carboxylic acid groups (broad SMARTS) is 1. The van der Waals surface area contributed by atoms with Gasteiger partial charge in [-0.3, -0.25) is 9.59 Å². The zero-order chi connectivity index (χ0) is 17.6. The first-order valence-corrected chi connectivity index (χ1v) is 6.54. The van der Waals surface area contributed by atoms with Crippen LogP contribution in [0.25, 0.3) is 0 Å². The number of ether oxygens (including phenoxy) is 1. The van der Waals surface area contributed by atoms with E-state index in [4.69, 9.17) is 5.11 Å². The highest BCUT2D eigenvalue weighted by atomic mass is 19.3. The number of benzene rings is 1. The third-order valence-electron chi connectivity index (χ3n) is 3.08. The monoisotopic (exact) mass is 330 g/mol. The molecule has 2 N–H and O–H groups in total. The number of hydrogen-bond acceptors (Lipinski definition) is 4. The summed E-state index contributed by atoms with van der Waals surface area (Å²) in [6.45, 7) is -2.25. The van der Waals surface area contributed by atoms with E-state index in [2.05, 4.69) is 10.1 Å². The molecule has 1 aromatic rings. The van der Waals surface area contributed by atoms with E-state index in [9.17, 15) is 23.2 Å². The van der Waals surface area contributed by atoms with Crippen LogP contribution in [0.1, 0.15) is 17.3 Å². The van der Waals surface area contributed by atoms with Crippen molar-refractivity contribution in [1.29, 1.82) is 0 Å². The molecule has 2 amide bonds. The normalized spacial score (nSPS) is 11.7. The predicted molar refractivity (Wildman–Crippen MR) is 75.3 cm³/mol. The van der Waals surface area contributed by atoms with Gasteiger partial charge in [0.25, 0.3) is 5.91 Å². The minimum absolute atomic E-state index is 0.158. The van der Waals surface area contributed by atoms with E-state index in [0.717, 1.165) is 4.90 Å². The molecule has 0 fully saturated rings. The quantitative estimate of drug-likeness (QED) is 0.776. The fraction of sp³-hybridized carbons (Fsp3) is 0.357. The first-order valence-electron chi connectivity index (χ1n) is 6.54. The largest absolute Gasteiger partial charge is 0.480 e. The number of carboxylic acids is 1. The van der Waals surface area contributed by atoms with Gasteiger partial charge in [-0.25, -0.2) is 4.79 Å². The molecule has 7 nitrogen and oxygen atoms in total. The number of alkyl halides is 2.